The van der Waals surface area contributed by atoms with E-state index in [0.717, 1.165) is 16.3 Å². The Morgan fingerprint density at radius 2 is 1.82 bits per heavy atom. The van der Waals surface area contributed by atoms with Gasteiger partial charge in [0, 0.05) is 18.9 Å². The molecule has 1 aromatic carbocycles. The first-order valence-corrected chi connectivity index (χ1v) is 9.67. The Balaban J connectivity index is 1.84. The highest BCUT2D eigenvalue weighted by molar-refractivity contribution is 6.09. The predicted octanol–water partition coefficient (Wildman–Crippen LogP) is 1.31. The number of carbonyl (C=O) groups is 2. The van der Waals surface area contributed by atoms with E-state index < -0.39 is 46.2 Å². The zero-order valence-electron chi connectivity index (χ0n) is 16.8. The number of carbonyl (C=O) groups excluding carboxylic acids is 2. The second kappa shape index (κ2) is 8.04. The smallest absolute Gasteiger partial charge is 0.326 e. The van der Waals surface area contributed by atoms with Crippen LogP contribution in [0.5, 0.6) is 0 Å². The standard InChI is InChI=1S/C21H16F3N5O4/c22-21(23,24)20(28-16(30)13-7-4-9-25-11-13)14-15(26-18(20)32)29(19(33)27-17(14)31)10-8-12-5-2-1-3-6-12/h1-7,9,11H,8,10H2,(H,26,32)(H,28,30)(H,27,31,33)/t20-/m0/s1. The quantitative estimate of drug-likeness (QED) is 0.531. The third-order valence-electron chi connectivity index (χ3n) is 5.26. The average molecular weight is 459 g/mol. The lowest BCUT2D eigenvalue weighted by Gasteiger charge is -2.30. The maximum absolute atomic E-state index is 14.4. The Morgan fingerprint density at radius 1 is 1.09 bits per heavy atom. The normalized spacial score (nSPS) is 17.4. The van der Waals surface area contributed by atoms with Crippen molar-refractivity contribution in [2.24, 2.45) is 0 Å². The van der Waals surface area contributed by atoms with E-state index >= 15 is 0 Å². The van der Waals surface area contributed by atoms with E-state index in [-0.39, 0.29) is 18.5 Å². The fourth-order valence-electron chi connectivity index (χ4n) is 3.66. The van der Waals surface area contributed by atoms with Gasteiger partial charge < -0.3 is 10.6 Å². The van der Waals surface area contributed by atoms with Gasteiger partial charge in [-0.25, -0.2) is 4.79 Å². The van der Waals surface area contributed by atoms with E-state index in [1.807, 2.05) is 10.3 Å². The maximum Gasteiger partial charge on any atom is 0.425 e. The number of nitrogens with zero attached hydrogens (tertiary/aromatic N) is 2. The summed E-state index contributed by atoms with van der Waals surface area (Å²) in [5.74, 6) is -3.59. The molecule has 9 nitrogen and oxygen atoms in total. The van der Waals surface area contributed by atoms with Gasteiger partial charge in [-0.2, -0.15) is 13.2 Å². The number of anilines is 1. The summed E-state index contributed by atoms with van der Waals surface area (Å²) in [5.41, 5.74) is -6.72. The fraction of sp³-hybridized carbons (Fsp3) is 0.190. The van der Waals surface area contributed by atoms with Gasteiger partial charge in [-0.3, -0.25) is 28.9 Å². The second-order valence-corrected chi connectivity index (χ2v) is 7.27. The lowest BCUT2D eigenvalue weighted by molar-refractivity contribution is -0.196. The van der Waals surface area contributed by atoms with Gasteiger partial charge in [0.05, 0.1) is 5.56 Å². The monoisotopic (exact) mass is 459 g/mol. The highest BCUT2D eigenvalue weighted by Gasteiger charge is 2.68. The molecule has 0 unspecified atom stereocenters. The molecule has 1 aliphatic heterocycles. The molecule has 0 radical (unpaired) electrons. The molecule has 12 heteroatoms. The van der Waals surface area contributed by atoms with Crippen molar-refractivity contribution in [3.05, 3.63) is 92.4 Å². The minimum atomic E-state index is -5.41. The molecule has 1 atom stereocenters. The number of hydrogen-bond acceptors (Lipinski definition) is 5. The summed E-state index contributed by atoms with van der Waals surface area (Å²) >= 11 is 0. The number of amides is 2. The Bertz CT molecular complexity index is 1340. The number of hydrogen-bond donors (Lipinski definition) is 3. The zero-order valence-corrected chi connectivity index (χ0v) is 16.8. The van der Waals surface area contributed by atoms with Crippen LogP contribution in [-0.2, 0) is 23.3 Å². The van der Waals surface area contributed by atoms with Crippen molar-refractivity contribution < 1.29 is 22.8 Å². The molecule has 2 amide bonds. The van der Waals surface area contributed by atoms with Crippen LogP contribution < -0.4 is 21.9 Å². The first-order valence-electron chi connectivity index (χ1n) is 9.67. The van der Waals surface area contributed by atoms with Crippen LogP contribution in [0.3, 0.4) is 0 Å². The molecule has 1 aliphatic rings. The van der Waals surface area contributed by atoms with Gasteiger partial charge in [0.15, 0.2) is 0 Å². The molecule has 0 aliphatic carbocycles. The van der Waals surface area contributed by atoms with Gasteiger partial charge in [0.1, 0.15) is 11.4 Å². The maximum atomic E-state index is 14.4. The van der Waals surface area contributed by atoms with Crippen molar-refractivity contribution in [3.63, 3.8) is 0 Å². The summed E-state index contributed by atoms with van der Waals surface area (Å²) in [6.45, 7) is -0.132. The van der Waals surface area contributed by atoms with Gasteiger partial charge >= 0.3 is 11.9 Å². The number of aryl methyl sites for hydroxylation is 1. The first-order chi connectivity index (χ1) is 15.6. The number of nitrogens with one attached hydrogen (secondary N) is 3. The molecule has 0 spiro atoms. The number of aromatic nitrogens is 3. The molecular formula is C21H16F3N5O4. The van der Waals surface area contributed by atoms with Crippen molar-refractivity contribution in [1.82, 2.24) is 19.9 Å². The molecule has 0 saturated carbocycles. The van der Waals surface area contributed by atoms with Crippen molar-refractivity contribution >= 4 is 17.6 Å². The van der Waals surface area contributed by atoms with Gasteiger partial charge in [-0.1, -0.05) is 30.3 Å². The summed E-state index contributed by atoms with van der Waals surface area (Å²) in [7, 11) is 0. The molecule has 0 bridgehead atoms. The molecule has 0 saturated heterocycles. The Kier molecular flexibility index (Phi) is 5.36. The molecule has 33 heavy (non-hydrogen) atoms. The largest absolute Gasteiger partial charge is 0.425 e. The van der Waals surface area contributed by atoms with Crippen molar-refractivity contribution in [2.45, 2.75) is 24.7 Å². The lowest BCUT2D eigenvalue weighted by Crippen LogP contribution is -2.62. The van der Waals surface area contributed by atoms with Crippen molar-refractivity contribution in [3.8, 4) is 0 Å². The summed E-state index contributed by atoms with van der Waals surface area (Å²) in [5, 5.41) is 3.66. The summed E-state index contributed by atoms with van der Waals surface area (Å²) < 4.78 is 43.9. The molecule has 3 heterocycles. The van der Waals surface area contributed by atoms with Gasteiger partial charge in [-0.05, 0) is 24.1 Å². The van der Waals surface area contributed by atoms with Gasteiger partial charge in [-0.15, -0.1) is 0 Å². The number of H-pyrrole nitrogens is 1. The fourth-order valence-corrected chi connectivity index (χ4v) is 3.66. The Morgan fingerprint density at radius 3 is 2.45 bits per heavy atom. The van der Waals surface area contributed by atoms with Crippen LogP contribution >= 0.6 is 0 Å². The number of alkyl halides is 3. The minimum absolute atomic E-state index is 0.132. The van der Waals surface area contributed by atoms with E-state index in [1.165, 1.54) is 18.3 Å². The van der Waals surface area contributed by atoms with Crippen molar-refractivity contribution in [2.75, 3.05) is 5.32 Å². The number of fused-ring (bicyclic) bond motifs is 1. The van der Waals surface area contributed by atoms with Crippen LogP contribution in [0.15, 0.2) is 64.4 Å². The molecule has 4 rings (SSSR count). The van der Waals surface area contributed by atoms with Crippen LogP contribution in [0.2, 0.25) is 0 Å². The van der Waals surface area contributed by atoms with Crippen LogP contribution in [0.25, 0.3) is 0 Å². The zero-order chi connectivity index (χ0) is 23.8. The summed E-state index contributed by atoms with van der Waals surface area (Å²) in [6, 6.07) is 11.3. The first kappa shape index (κ1) is 22.0. The second-order valence-electron chi connectivity index (χ2n) is 7.27. The minimum Gasteiger partial charge on any atom is -0.326 e. The number of halogens is 3. The number of pyridine rings is 1. The molecule has 2 aromatic heterocycles. The molecular weight excluding hydrogens is 443 g/mol. The van der Waals surface area contributed by atoms with Crippen molar-refractivity contribution in [1.29, 1.82) is 0 Å². The van der Waals surface area contributed by atoms with Crippen LogP contribution in [0, 0.1) is 0 Å². The van der Waals surface area contributed by atoms with Crippen LogP contribution in [-0.4, -0.2) is 32.5 Å². The van der Waals surface area contributed by atoms with E-state index in [2.05, 4.69) is 4.98 Å². The lowest BCUT2D eigenvalue weighted by atomic mass is 9.91. The molecule has 0 fully saturated rings. The summed E-state index contributed by atoms with van der Waals surface area (Å²) in [6.07, 6.45) is -2.85. The molecule has 170 valence electrons. The van der Waals surface area contributed by atoms with Gasteiger partial charge in [0.25, 0.3) is 22.9 Å². The third kappa shape index (κ3) is 3.69. The molecule has 3 N–H and O–H groups in total. The third-order valence-corrected chi connectivity index (χ3v) is 5.26. The van der Waals surface area contributed by atoms with Crippen LogP contribution in [0.4, 0.5) is 19.0 Å². The van der Waals surface area contributed by atoms with E-state index in [4.69, 9.17) is 0 Å². The Hall–Kier alpha value is -4.22. The Labute approximate surface area is 183 Å². The van der Waals surface area contributed by atoms with Crippen LogP contribution in [0.1, 0.15) is 21.5 Å². The predicted molar refractivity (Wildman–Crippen MR) is 110 cm³/mol. The number of aromatic amines is 1. The molecule has 3 aromatic rings. The van der Waals surface area contributed by atoms with E-state index in [0.29, 0.717) is 0 Å². The topological polar surface area (TPSA) is 126 Å². The number of benzene rings is 1. The highest BCUT2D eigenvalue weighted by atomic mass is 19.4. The van der Waals surface area contributed by atoms with Gasteiger partial charge in [0.2, 0.25) is 0 Å². The summed E-state index contributed by atoms with van der Waals surface area (Å²) in [4.78, 5) is 55.8. The highest BCUT2D eigenvalue weighted by Crippen LogP contribution is 2.45. The number of rotatable bonds is 5. The average Bonchev–Trinajstić information content (AvgIpc) is 3.08. The SMILES string of the molecule is O=C(N[C@]1(C(F)(F)F)C(=O)Nc2c1c(=O)[nH]c(=O)n2CCc1ccccc1)c1cccnc1. The van der Waals surface area contributed by atoms with E-state index in [1.54, 1.807) is 35.6 Å². The van der Waals surface area contributed by atoms with E-state index in [9.17, 15) is 32.3 Å².